The van der Waals surface area contributed by atoms with Gasteiger partial charge in [-0.2, -0.15) is 0 Å². The zero-order chi connectivity index (χ0) is 15.6. The molecule has 0 saturated heterocycles. The summed E-state index contributed by atoms with van der Waals surface area (Å²) in [6, 6.07) is 3.76. The van der Waals surface area contributed by atoms with Crippen molar-refractivity contribution in [3.63, 3.8) is 0 Å². The number of carbonyl (C=O) groups excluding carboxylic acids is 2. The Morgan fingerprint density at radius 3 is 2.48 bits per heavy atom. The molecule has 0 saturated carbocycles. The Balaban J connectivity index is 2.40. The minimum atomic E-state index is -0.632. The maximum atomic E-state index is 11.6. The minimum Gasteiger partial charge on any atom is -0.397 e. The van der Waals surface area contributed by atoms with Crippen LogP contribution in [0.3, 0.4) is 0 Å². The summed E-state index contributed by atoms with van der Waals surface area (Å²) in [4.78, 5) is 29.4. The van der Waals surface area contributed by atoms with Crippen molar-refractivity contribution in [1.29, 1.82) is 0 Å². The Morgan fingerprint density at radius 1 is 1.33 bits per heavy atom. The van der Waals surface area contributed by atoms with Crippen molar-refractivity contribution in [1.82, 2.24) is 4.98 Å². The van der Waals surface area contributed by atoms with Gasteiger partial charge in [0.1, 0.15) is 5.00 Å². The number of rotatable bonds is 5. The molecule has 0 aliphatic rings. The Labute approximate surface area is 126 Å². The summed E-state index contributed by atoms with van der Waals surface area (Å²) in [6.45, 7) is 1.97. The molecule has 0 atom stereocenters. The van der Waals surface area contributed by atoms with E-state index in [1.165, 1.54) is 18.3 Å². The lowest BCUT2D eigenvalue weighted by Crippen LogP contribution is -2.21. The molecule has 110 valence electrons. The van der Waals surface area contributed by atoms with E-state index in [4.69, 9.17) is 11.5 Å². The lowest BCUT2D eigenvalue weighted by molar-refractivity contribution is 0.100. The molecule has 0 aromatic carbocycles. The number of nitrogens with zero attached hydrogens (tertiary/aromatic N) is 2. The maximum Gasteiger partial charge on any atom is 0.253 e. The third-order valence-corrected chi connectivity index (χ3v) is 4.43. The van der Waals surface area contributed by atoms with Gasteiger partial charge >= 0.3 is 0 Å². The van der Waals surface area contributed by atoms with Crippen LogP contribution in [0.5, 0.6) is 0 Å². The second-order valence-corrected chi connectivity index (χ2v) is 5.66. The van der Waals surface area contributed by atoms with Crippen molar-refractivity contribution in [3.8, 4) is 0 Å². The Hall–Kier alpha value is -2.41. The van der Waals surface area contributed by atoms with Crippen LogP contribution < -0.4 is 16.4 Å². The van der Waals surface area contributed by atoms with Crippen LogP contribution in [0.2, 0.25) is 0 Å². The number of carbonyl (C=O) groups is 2. The van der Waals surface area contributed by atoms with Gasteiger partial charge in [-0.3, -0.25) is 14.6 Å². The van der Waals surface area contributed by atoms with E-state index in [-0.39, 0.29) is 17.0 Å². The van der Waals surface area contributed by atoms with Gasteiger partial charge in [0.05, 0.1) is 16.1 Å². The number of primary amides is 1. The van der Waals surface area contributed by atoms with Crippen LogP contribution in [0.4, 0.5) is 10.7 Å². The van der Waals surface area contributed by atoms with Gasteiger partial charge in [-0.15, -0.1) is 11.3 Å². The average Bonchev–Trinajstić information content (AvgIpc) is 2.78. The molecule has 0 aliphatic carbocycles. The summed E-state index contributed by atoms with van der Waals surface area (Å²) in [5.74, 6) is -0.809. The van der Waals surface area contributed by atoms with Crippen LogP contribution in [-0.4, -0.2) is 23.7 Å². The molecule has 2 aromatic heterocycles. The molecule has 1 amide bonds. The molecule has 4 N–H and O–H groups in total. The molecule has 2 heterocycles. The van der Waals surface area contributed by atoms with Crippen molar-refractivity contribution in [3.05, 3.63) is 40.5 Å². The normalized spacial score (nSPS) is 10.4. The SMILES string of the molecule is CC(=O)c1sc(N(C)Cc2ccncc2)c(C(N)=O)c1N. The standard InChI is InChI=1S/C14H16N4O2S/c1-8(19)12-11(15)10(13(16)20)14(21-12)18(2)7-9-3-5-17-6-4-9/h3-6H,7,15H2,1-2H3,(H2,16,20). The van der Waals surface area contributed by atoms with Crippen LogP contribution in [0.15, 0.2) is 24.5 Å². The lowest BCUT2D eigenvalue weighted by atomic mass is 10.2. The van der Waals surface area contributed by atoms with E-state index in [9.17, 15) is 9.59 Å². The van der Waals surface area contributed by atoms with Crippen molar-refractivity contribution >= 4 is 33.7 Å². The molecule has 0 aliphatic heterocycles. The fourth-order valence-corrected chi connectivity index (χ4v) is 3.12. The van der Waals surface area contributed by atoms with Crippen molar-refractivity contribution < 1.29 is 9.59 Å². The maximum absolute atomic E-state index is 11.6. The third kappa shape index (κ3) is 3.03. The zero-order valence-electron chi connectivity index (χ0n) is 11.8. The highest BCUT2D eigenvalue weighted by Gasteiger charge is 2.24. The summed E-state index contributed by atoms with van der Waals surface area (Å²) in [5, 5.41) is 0.599. The fourth-order valence-electron chi connectivity index (χ4n) is 2.03. The van der Waals surface area contributed by atoms with Crippen molar-refractivity contribution in [2.75, 3.05) is 17.7 Å². The highest BCUT2D eigenvalue weighted by Crippen LogP contribution is 2.38. The highest BCUT2D eigenvalue weighted by atomic mass is 32.1. The number of thiophene rings is 1. The number of nitrogens with two attached hydrogens (primary N) is 2. The summed E-state index contributed by atoms with van der Waals surface area (Å²) in [6.07, 6.45) is 3.39. The van der Waals surface area contributed by atoms with E-state index < -0.39 is 5.91 Å². The largest absolute Gasteiger partial charge is 0.397 e. The van der Waals surface area contributed by atoms with Gasteiger partial charge in [0.2, 0.25) is 0 Å². The molecule has 2 rings (SSSR count). The average molecular weight is 304 g/mol. The fraction of sp³-hybridized carbons (Fsp3) is 0.214. The summed E-state index contributed by atoms with van der Waals surface area (Å²) >= 11 is 1.18. The van der Waals surface area contributed by atoms with Gasteiger partial charge < -0.3 is 16.4 Å². The summed E-state index contributed by atoms with van der Waals surface area (Å²) in [5.41, 5.74) is 12.7. The number of ketones is 1. The molecule has 7 heteroatoms. The first-order valence-corrected chi connectivity index (χ1v) is 7.06. The second-order valence-electron chi connectivity index (χ2n) is 4.66. The van der Waals surface area contributed by atoms with Crippen LogP contribution in [-0.2, 0) is 6.54 Å². The van der Waals surface area contributed by atoms with Gasteiger partial charge in [0.25, 0.3) is 5.91 Å². The quantitative estimate of drug-likeness (QED) is 0.818. The molecular weight excluding hydrogens is 288 g/mol. The first-order valence-electron chi connectivity index (χ1n) is 6.24. The number of hydrogen-bond acceptors (Lipinski definition) is 6. The Morgan fingerprint density at radius 2 is 1.95 bits per heavy atom. The first-order chi connectivity index (χ1) is 9.91. The van der Waals surface area contributed by atoms with Gasteiger partial charge in [0, 0.05) is 32.9 Å². The van der Waals surface area contributed by atoms with Crippen molar-refractivity contribution in [2.45, 2.75) is 13.5 Å². The summed E-state index contributed by atoms with van der Waals surface area (Å²) in [7, 11) is 1.82. The molecule has 2 aromatic rings. The molecule has 6 nitrogen and oxygen atoms in total. The Kier molecular flexibility index (Phi) is 4.23. The number of hydrogen-bond donors (Lipinski definition) is 2. The van der Waals surface area contributed by atoms with Gasteiger partial charge in [0.15, 0.2) is 5.78 Å². The topological polar surface area (TPSA) is 102 Å². The first kappa shape index (κ1) is 15.0. The highest BCUT2D eigenvalue weighted by molar-refractivity contribution is 7.19. The number of Topliss-reactive ketones (excluding diaryl/α,β-unsaturated/α-hetero) is 1. The molecule has 21 heavy (non-hydrogen) atoms. The van der Waals surface area contributed by atoms with Crippen LogP contribution in [0, 0.1) is 0 Å². The van der Waals surface area contributed by atoms with E-state index in [2.05, 4.69) is 4.98 Å². The number of anilines is 2. The van der Waals surface area contributed by atoms with E-state index >= 15 is 0 Å². The molecular formula is C14H16N4O2S. The molecule has 0 unspecified atom stereocenters. The molecule has 0 spiro atoms. The summed E-state index contributed by atoms with van der Waals surface area (Å²) < 4.78 is 0. The molecule has 0 bridgehead atoms. The van der Waals surface area contributed by atoms with E-state index in [1.807, 2.05) is 24.1 Å². The molecule has 0 fully saturated rings. The van der Waals surface area contributed by atoms with Gasteiger partial charge in [-0.1, -0.05) is 0 Å². The minimum absolute atomic E-state index is 0.163. The number of aromatic nitrogens is 1. The van der Waals surface area contributed by atoms with E-state index in [1.54, 1.807) is 12.4 Å². The Bertz CT molecular complexity index is 682. The smallest absolute Gasteiger partial charge is 0.253 e. The monoisotopic (exact) mass is 304 g/mol. The van der Waals surface area contributed by atoms with E-state index in [0.29, 0.717) is 16.4 Å². The number of amides is 1. The van der Waals surface area contributed by atoms with Gasteiger partial charge in [-0.05, 0) is 17.7 Å². The zero-order valence-corrected chi connectivity index (χ0v) is 12.6. The number of pyridine rings is 1. The molecule has 0 radical (unpaired) electrons. The predicted molar refractivity (Wildman–Crippen MR) is 83.6 cm³/mol. The number of nitrogen functional groups attached to an aromatic ring is 1. The third-order valence-electron chi connectivity index (χ3n) is 3.01. The predicted octanol–water partition coefficient (Wildman–Crippen LogP) is 1.66. The van der Waals surface area contributed by atoms with E-state index in [0.717, 1.165) is 5.56 Å². The van der Waals surface area contributed by atoms with Crippen molar-refractivity contribution in [2.24, 2.45) is 5.73 Å². The van der Waals surface area contributed by atoms with Gasteiger partial charge in [-0.25, -0.2) is 0 Å². The van der Waals surface area contributed by atoms with Crippen LogP contribution in [0.25, 0.3) is 0 Å². The van der Waals surface area contributed by atoms with Crippen LogP contribution >= 0.6 is 11.3 Å². The lowest BCUT2D eigenvalue weighted by Gasteiger charge is -2.18. The van der Waals surface area contributed by atoms with Crippen LogP contribution in [0.1, 0.15) is 32.5 Å². The second kappa shape index (κ2) is 5.92.